The number of hydrogen-bond donors (Lipinski definition) is 2. The van der Waals surface area contributed by atoms with Crippen molar-refractivity contribution in [3.63, 3.8) is 0 Å². The molecule has 0 amide bonds. The van der Waals surface area contributed by atoms with Crippen molar-refractivity contribution in [3.8, 4) is 0 Å². The van der Waals surface area contributed by atoms with Crippen molar-refractivity contribution in [2.75, 3.05) is 30.9 Å². The lowest BCUT2D eigenvalue weighted by Crippen LogP contribution is -2.26. The zero-order chi connectivity index (χ0) is 14.0. The lowest BCUT2D eigenvalue weighted by Gasteiger charge is -2.19. The van der Waals surface area contributed by atoms with E-state index in [1.807, 2.05) is 32.2 Å². The van der Waals surface area contributed by atoms with Gasteiger partial charge < -0.3 is 15.3 Å². The molecule has 2 N–H and O–H groups in total. The Morgan fingerprint density at radius 1 is 1.47 bits per heavy atom. The van der Waals surface area contributed by atoms with Gasteiger partial charge in [-0.2, -0.15) is 0 Å². The van der Waals surface area contributed by atoms with Gasteiger partial charge >= 0.3 is 5.97 Å². The lowest BCUT2D eigenvalue weighted by molar-refractivity contribution is -0.135. The number of nitrogens with zero attached hydrogens (tertiary/aromatic N) is 2. The van der Waals surface area contributed by atoms with Gasteiger partial charge in [0.05, 0.1) is 11.9 Å². The number of aryl methyl sites for hydroxylation is 1. The molecule has 0 aliphatic carbocycles. The van der Waals surface area contributed by atoms with Crippen molar-refractivity contribution in [1.82, 2.24) is 4.98 Å². The van der Waals surface area contributed by atoms with Gasteiger partial charge in [-0.15, -0.1) is 0 Å². The average Bonchev–Trinajstić information content (AvgIpc) is 2.37. The number of rotatable bonds is 4. The van der Waals surface area contributed by atoms with Crippen molar-refractivity contribution in [2.45, 2.75) is 6.92 Å². The Morgan fingerprint density at radius 3 is 2.84 bits per heavy atom. The van der Waals surface area contributed by atoms with Gasteiger partial charge in [0.1, 0.15) is 12.4 Å². The van der Waals surface area contributed by atoms with Crippen LogP contribution in [0.3, 0.4) is 0 Å². The number of anilines is 2. The Balaban J connectivity index is 2.64. The van der Waals surface area contributed by atoms with Gasteiger partial charge in [-0.25, -0.2) is 4.98 Å². The summed E-state index contributed by atoms with van der Waals surface area (Å²) in [5.41, 5.74) is 2.08. The van der Waals surface area contributed by atoms with Crippen molar-refractivity contribution in [3.05, 3.63) is 30.0 Å². The van der Waals surface area contributed by atoms with Crippen molar-refractivity contribution in [1.29, 1.82) is 0 Å². The first-order valence-corrected chi connectivity index (χ1v) is 6.03. The molecule has 2 rings (SSSR count). The zero-order valence-electron chi connectivity index (χ0n) is 11.3. The Kier molecular flexibility index (Phi) is 3.55. The van der Waals surface area contributed by atoms with E-state index in [0.717, 1.165) is 22.0 Å². The number of carbonyl (C=O) groups is 1. The van der Waals surface area contributed by atoms with Crippen LogP contribution in [0.15, 0.2) is 24.4 Å². The summed E-state index contributed by atoms with van der Waals surface area (Å²) in [6, 6.07) is 5.95. The number of benzene rings is 1. The Morgan fingerprint density at radius 2 is 2.21 bits per heavy atom. The SMILES string of the molecule is CNc1cnc(N(C)CC(=O)O)c2cccc(C)c12. The molecule has 19 heavy (non-hydrogen) atoms. The lowest BCUT2D eigenvalue weighted by atomic mass is 10.0. The number of aromatic nitrogens is 1. The summed E-state index contributed by atoms with van der Waals surface area (Å²) < 4.78 is 0. The number of nitrogens with one attached hydrogen (secondary N) is 1. The molecule has 0 saturated heterocycles. The van der Waals surface area contributed by atoms with Crippen LogP contribution in [-0.4, -0.2) is 36.7 Å². The minimum atomic E-state index is -0.872. The van der Waals surface area contributed by atoms with Crippen LogP contribution >= 0.6 is 0 Å². The maximum absolute atomic E-state index is 10.8. The molecule has 1 heterocycles. The molecule has 0 bridgehead atoms. The molecule has 0 fully saturated rings. The first-order valence-electron chi connectivity index (χ1n) is 6.03. The van der Waals surface area contributed by atoms with Crippen molar-refractivity contribution in [2.24, 2.45) is 0 Å². The number of likely N-dealkylation sites (N-methyl/N-ethyl adjacent to an activating group) is 1. The van der Waals surface area contributed by atoms with Crippen LogP contribution in [0.5, 0.6) is 0 Å². The van der Waals surface area contributed by atoms with E-state index in [4.69, 9.17) is 5.11 Å². The minimum Gasteiger partial charge on any atom is -0.480 e. The predicted octanol–water partition coefficient (Wildman–Crippen LogP) is 2.11. The van der Waals surface area contributed by atoms with E-state index >= 15 is 0 Å². The Bertz CT molecular complexity index is 625. The molecule has 0 saturated carbocycles. The third kappa shape index (κ3) is 2.45. The maximum atomic E-state index is 10.8. The molecule has 0 atom stereocenters. The van der Waals surface area contributed by atoms with E-state index in [-0.39, 0.29) is 6.54 Å². The molecular weight excluding hydrogens is 242 g/mol. The average molecular weight is 259 g/mol. The molecular formula is C14H17N3O2. The second kappa shape index (κ2) is 5.14. The molecule has 0 spiro atoms. The number of pyridine rings is 1. The summed E-state index contributed by atoms with van der Waals surface area (Å²) in [5.74, 6) is -0.192. The zero-order valence-corrected chi connectivity index (χ0v) is 11.3. The van der Waals surface area contributed by atoms with E-state index < -0.39 is 5.97 Å². The second-order valence-electron chi connectivity index (χ2n) is 4.49. The summed E-state index contributed by atoms with van der Waals surface area (Å²) in [6.45, 7) is 1.96. The van der Waals surface area contributed by atoms with Crippen molar-refractivity contribution < 1.29 is 9.90 Å². The summed E-state index contributed by atoms with van der Waals surface area (Å²) in [5, 5.41) is 14.0. The van der Waals surface area contributed by atoms with Crippen LogP contribution in [0.4, 0.5) is 11.5 Å². The fourth-order valence-electron chi connectivity index (χ4n) is 2.24. The van der Waals surface area contributed by atoms with Gasteiger partial charge in [-0.1, -0.05) is 18.2 Å². The highest BCUT2D eigenvalue weighted by Gasteiger charge is 2.13. The van der Waals surface area contributed by atoms with Crippen LogP contribution < -0.4 is 10.2 Å². The number of aliphatic carboxylic acids is 1. The summed E-state index contributed by atoms with van der Waals surface area (Å²) in [6.07, 6.45) is 1.74. The fraction of sp³-hybridized carbons (Fsp3) is 0.286. The standard InChI is InChI=1S/C14H17N3O2/c1-9-5-4-6-10-13(9)11(15-2)7-16-14(10)17(3)8-12(18)19/h4-7,15H,8H2,1-3H3,(H,18,19). The van der Waals surface area contributed by atoms with E-state index in [0.29, 0.717) is 5.82 Å². The largest absolute Gasteiger partial charge is 0.480 e. The number of fused-ring (bicyclic) bond motifs is 1. The molecule has 0 aliphatic rings. The monoisotopic (exact) mass is 259 g/mol. The smallest absolute Gasteiger partial charge is 0.323 e. The van der Waals surface area contributed by atoms with Gasteiger partial charge in [0.2, 0.25) is 0 Å². The summed E-state index contributed by atoms with van der Waals surface area (Å²) in [4.78, 5) is 16.8. The Labute approximate surface area is 111 Å². The molecule has 0 radical (unpaired) electrons. The molecule has 5 nitrogen and oxygen atoms in total. The number of carboxylic acids is 1. The highest BCUT2D eigenvalue weighted by Crippen LogP contribution is 2.31. The van der Waals surface area contributed by atoms with Gasteiger partial charge in [0.15, 0.2) is 0 Å². The van der Waals surface area contributed by atoms with Gasteiger partial charge in [-0.05, 0) is 12.5 Å². The normalized spacial score (nSPS) is 10.5. The van der Waals surface area contributed by atoms with Crippen LogP contribution in [0.1, 0.15) is 5.56 Å². The third-order valence-electron chi connectivity index (χ3n) is 3.10. The van der Waals surface area contributed by atoms with Crippen LogP contribution in [0.2, 0.25) is 0 Å². The quantitative estimate of drug-likeness (QED) is 0.880. The first kappa shape index (κ1) is 13.1. The highest BCUT2D eigenvalue weighted by molar-refractivity contribution is 6.02. The summed E-state index contributed by atoms with van der Waals surface area (Å²) >= 11 is 0. The molecule has 5 heteroatoms. The maximum Gasteiger partial charge on any atom is 0.323 e. The molecule has 0 aliphatic heterocycles. The number of hydrogen-bond acceptors (Lipinski definition) is 4. The molecule has 1 aromatic carbocycles. The van der Waals surface area contributed by atoms with Crippen LogP contribution in [0, 0.1) is 6.92 Å². The third-order valence-corrected chi connectivity index (χ3v) is 3.10. The predicted molar refractivity (Wildman–Crippen MR) is 76.9 cm³/mol. The van der Waals surface area contributed by atoms with Gasteiger partial charge in [0, 0.05) is 24.9 Å². The topological polar surface area (TPSA) is 65.5 Å². The molecule has 100 valence electrons. The Hall–Kier alpha value is -2.30. The van der Waals surface area contributed by atoms with E-state index in [1.54, 1.807) is 18.1 Å². The molecule has 1 aromatic heterocycles. The number of carboxylic acid groups (broad SMARTS) is 1. The van der Waals surface area contributed by atoms with Gasteiger partial charge in [-0.3, -0.25) is 4.79 Å². The molecule has 0 unspecified atom stereocenters. The van der Waals surface area contributed by atoms with E-state index in [9.17, 15) is 4.79 Å². The summed E-state index contributed by atoms with van der Waals surface area (Å²) in [7, 11) is 3.58. The second-order valence-corrected chi connectivity index (χ2v) is 4.49. The van der Waals surface area contributed by atoms with Crippen LogP contribution in [0.25, 0.3) is 10.8 Å². The van der Waals surface area contributed by atoms with Gasteiger partial charge in [0.25, 0.3) is 0 Å². The highest BCUT2D eigenvalue weighted by atomic mass is 16.4. The first-order chi connectivity index (χ1) is 9.04. The van der Waals surface area contributed by atoms with E-state index in [2.05, 4.69) is 10.3 Å². The van der Waals surface area contributed by atoms with Crippen molar-refractivity contribution >= 4 is 28.2 Å². The molecule has 2 aromatic rings. The fourth-order valence-corrected chi connectivity index (χ4v) is 2.24. The van der Waals surface area contributed by atoms with Crippen LogP contribution in [-0.2, 0) is 4.79 Å². The van der Waals surface area contributed by atoms with E-state index in [1.165, 1.54) is 0 Å². The minimum absolute atomic E-state index is 0.0745.